The number of hydrogen-bond donors (Lipinski definition) is 2. The molecule has 0 saturated carbocycles. The Morgan fingerprint density at radius 1 is 1.60 bits per heavy atom. The minimum Gasteiger partial charge on any atom is -0.391 e. The van der Waals surface area contributed by atoms with Crippen molar-refractivity contribution in [2.24, 2.45) is 0 Å². The highest BCUT2D eigenvalue weighted by Gasteiger charge is 2.18. The highest BCUT2D eigenvalue weighted by molar-refractivity contribution is 9.26. The maximum atomic E-state index is 7.90. The van der Waals surface area contributed by atoms with Crippen LogP contribution in [-0.2, 0) is 0 Å². The van der Waals surface area contributed by atoms with Crippen molar-refractivity contribution in [2.75, 3.05) is 0 Å². The van der Waals surface area contributed by atoms with E-state index in [0.29, 0.717) is 0 Å². The number of hydrogen-bond acceptors (Lipinski definition) is 2. The molecule has 0 radical (unpaired) electrons. The summed E-state index contributed by atoms with van der Waals surface area (Å²) in [6, 6.07) is 0. The summed E-state index contributed by atoms with van der Waals surface area (Å²) < 4.78 is 0. The van der Waals surface area contributed by atoms with Gasteiger partial charge in [0.15, 0.2) is 0 Å². The number of rotatable bonds is 0. The van der Waals surface area contributed by atoms with Crippen LogP contribution < -0.4 is 0 Å². The predicted molar refractivity (Wildman–Crippen MR) is 25.0 cm³/mol. The standard InChI is InChI=1S/BrClH2O2Si/c1-5(2,3)4/h3-4H. The van der Waals surface area contributed by atoms with E-state index in [4.69, 9.17) is 20.7 Å². The fourth-order valence-corrected chi connectivity index (χ4v) is 0. The van der Waals surface area contributed by atoms with E-state index < -0.39 is 6.49 Å². The Morgan fingerprint density at radius 2 is 1.60 bits per heavy atom. The molecule has 0 saturated heterocycles. The van der Waals surface area contributed by atoms with Gasteiger partial charge in [-0.25, -0.2) is 0 Å². The van der Waals surface area contributed by atoms with Gasteiger partial charge >= 0.3 is 6.49 Å². The minimum absolute atomic E-state index is 2.39. The van der Waals surface area contributed by atoms with Gasteiger partial charge in [0.1, 0.15) is 0 Å². The Kier molecular flexibility index (Phi) is 1.85. The fourth-order valence-electron chi connectivity index (χ4n) is 0. The molecule has 0 fully saturated rings. The van der Waals surface area contributed by atoms with Crippen molar-refractivity contribution in [3.8, 4) is 0 Å². The fraction of sp³-hybridized carbons (Fsp3) is 0. The molecular weight excluding hydrogens is 175 g/mol. The molecule has 2 nitrogen and oxygen atoms in total. The molecule has 0 spiro atoms. The molecule has 0 aliphatic carbocycles. The van der Waals surface area contributed by atoms with Crippen LogP contribution in [0.1, 0.15) is 0 Å². The highest BCUT2D eigenvalue weighted by Crippen LogP contribution is 2.05. The summed E-state index contributed by atoms with van der Waals surface area (Å²) >= 11 is 7.09. The smallest absolute Gasteiger partial charge is 0.391 e. The molecule has 0 rings (SSSR count). The Morgan fingerprint density at radius 3 is 1.60 bits per heavy atom. The maximum absolute atomic E-state index is 7.90. The lowest BCUT2D eigenvalue weighted by Gasteiger charge is -1.90. The predicted octanol–water partition coefficient (Wildman–Crippen LogP) is 0.0403. The van der Waals surface area contributed by atoms with E-state index in [9.17, 15) is 0 Å². The van der Waals surface area contributed by atoms with Crippen molar-refractivity contribution in [1.82, 2.24) is 0 Å². The summed E-state index contributed by atoms with van der Waals surface area (Å²) in [5, 5.41) is 0. The van der Waals surface area contributed by atoms with E-state index in [-0.39, 0.29) is 0 Å². The van der Waals surface area contributed by atoms with Crippen LogP contribution in [-0.4, -0.2) is 16.1 Å². The largest absolute Gasteiger partial charge is 0.515 e. The second-order valence-electron chi connectivity index (χ2n) is 0.509. The van der Waals surface area contributed by atoms with E-state index in [1.807, 2.05) is 0 Å². The molecule has 0 aromatic rings. The monoisotopic (exact) mass is 176 g/mol. The Hall–Kier alpha value is 0.907. The van der Waals surface area contributed by atoms with Crippen molar-refractivity contribution < 1.29 is 9.59 Å². The lowest BCUT2D eigenvalue weighted by molar-refractivity contribution is 0.427. The number of halogens is 2. The van der Waals surface area contributed by atoms with Crippen molar-refractivity contribution in [3.63, 3.8) is 0 Å². The van der Waals surface area contributed by atoms with Crippen LogP contribution in [0.2, 0.25) is 0 Å². The van der Waals surface area contributed by atoms with Gasteiger partial charge in [0.2, 0.25) is 0 Å². The maximum Gasteiger partial charge on any atom is 0.515 e. The molecule has 0 bridgehead atoms. The summed E-state index contributed by atoms with van der Waals surface area (Å²) in [7, 11) is 0. The first-order valence-electron chi connectivity index (χ1n) is 0.825. The van der Waals surface area contributed by atoms with Crippen molar-refractivity contribution in [3.05, 3.63) is 0 Å². The first-order valence-corrected chi connectivity index (χ1v) is 5.99. The van der Waals surface area contributed by atoms with Crippen LogP contribution in [0.5, 0.6) is 0 Å². The van der Waals surface area contributed by atoms with Gasteiger partial charge in [0, 0.05) is 0 Å². The molecule has 0 aromatic heterocycles. The van der Waals surface area contributed by atoms with Gasteiger partial charge in [0.05, 0.1) is 0 Å². The first kappa shape index (κ1) is 5.91. The third-order valence-electron chi connectivity index (χ3n) is 0. The zero-order valence-corrected chi connectivity index (χ0v) is 5.49. The third kappa shape index (κ3) is 50.4. The van der Waals surface area contributed by atoms with Gasteiger partial charge in [-0.15, -0.1) is 0 Å². The average molecular weight is 177 g/mol. The second kappa shape index (κ2) is 1.57. The Balaban J connectivity index is 3.02. The summed E-state index contributed by atoms with van der Waals surface area (Å²) in [6.07, 6.45) is 0. The Labute approximate surface area is 42.9 Å². The second-order valence-corrected chi connectivity index (χ2v) is 7.80. The summed E-state index contributed by atoms with van der Waals surface area (Å²) in [5.41, 5.74) is 0. The summed E-state index contributed by atoms with van der Waals surface area (Å²) in [4.78, 5) is 15.8. The van der Waals surface area contributed by atoms with E-state index in [0.717, 1.165) is 0 Å². The van der Waals surface area contributed by atoms with Gasteiger partial charge in [-0.1, -0.05) is 11.1 Å². The minimum atomic E-state index is -3.33. The molecule has 0 aliphatic heterocycles. The van der Waals surface area contributed by atoms with Crippen LogP contribution >= 0.6 is 26.4 Å². The van der Waals surface area contributed by atoms with Gasteiger partial charge in [-0.3, -0.25) is 0 Å². The average Bonchev–Trinajstić information content (AvgIpc) is 0.722. The lowest BCUT2D eigenvalue weighted by Crippen LogP contribution is -2.14. The molecule has 0 aliphatic rings. The van der Waals surface area contributed by atoms with E-state index >= 15 is 0 Å². The quantitative estimate of drug-likeness (QED) is 0.405. The van der Waals surface area contributed by atoms with Gasteiger partial charge < -0.3 is 9.59 Å². The molecule has 5 heteroatoms. The van der Waals surface area contributed by atoms with Crippen LogP contribution in [0.15, 0.2) is 0 Å². The molecule has 0 aromatic carbocycles. The van der Waals surface area contributed by atoms with Crippen molar-refractivity contribution in [1.29, 1.82) is 0 Å². The molecule has 0 atom stereocenters. The first-order chi connectivity index (χ1) is 2.00. The van der Waals surface area contributed by atoms with Crippen LogP contribution in [0.3, 0.4) is 0 Å². The zero-order valence-electron chi connectivity index (χ0n) is 2.15. The van der Waals surface area contributed by atoms with E-state index in [2.05, 4.69) is 15.3 Å². The molecule has 32 valence electrons. The van der Waals surface area contributed by atoms with Crippen molar-refractivity contribution >= 4 is 32.9 Å². The van der Waals surface area contributed by atoms with E-state index in [1.165, 1.54) is 0 Å². The third-order valence-corrected chi connectivity index (χ3v) is 0. The van der Waals surface area contributed by atoms with Crippen LogP contribution in [0.4, 0.5) is 0 Å². The molecule has 0 heterocycles. The molecule has 0 amide bonds. The highest BCUT2D eigenvalue weighted by atomic mass is 79.9. The van der Waals surface area contributed by atoms with Gasteiger partial charge in [-0.05, 0) is 15.3 Å². The topological polar surface area (TPSA) is 40.5 Å². The van der Waals surface area contributed by atoms with Crippen LogP contribution in [0, 0.1) is 0 Å². The van der Waals surface area contributed by atoms with Gasteiger partial charge in [-0.2, -0.15) is 0 Å². The summed E-state index contributed by atoms with van der Waals surface area (Å²) in [5.74, 6) is 0. The summed E-state index contributed by atoms with van der Waals surface area (Å²) in [6.45, 7) is -3.33. The van der Waals surface area contributed by atoms with Crippen molar-refractivity contribution in [2.45, 2.75) is 0 Å². The molecule has 2 N–H and O–H groups in total. The van der Waals surface area contributed by atoms with Crippen LogP contribution in [0.25, 0.3) is 0 Å². The molecule has 0 unspecified atom stereocenters. The van der Waals surface area contributed by atoms with Gasteiger partial charge in [0.25, 0.3) is 0 Å². The zero-order chi connectivity index (χ0) is 4.50. The Bertz CT molecular complexity index is 25.1. The molecule has 5 heavy (non-hydrogen) atoms. The molecular formula is H2BrClO2Si. The lowest BCUT2D eigenvalue weighted by atomic mass is 15.8. The SMILES string of the molecule is O[Si](O)(Cl)Br. The van der Waals surface area contributed by atoms with E-state index in [1.54, 1.807) is 0 Å². The normalized spacial score (nSPS) is 12.0.